The van der Waals surface area contributed by atoms with Crippen molar-refractivity contribution in [1.29, 1.82) is 0 Å². The monoisotopic (exact) mass is 333 g/mol. The molecule has 0 aliphatic heterocycles. The maximum Gasteiger partial charge on any atom is 0.277 e. The summed E-state index contributed by atoms with van der Waals surface area (Å²) in [6.07, 6.45) is 2.17. The van der Waals surface area contributed by atoms with E-state index in [2.05, 4.69) is 22.1 Å². The van der Waals surface area contributed by atoms with Crippen molar-refractivity contribution in [2.24, 2.45) is 0 Å². The molecule has 2 aromatic rings. The molecule has 2 rings (SSSR count). The Bertz CT molecular complexity index is 655. The number of hydrogen-bond donors (Lipinski definition) is 1. The highest BCUT2D eigenvalue weighted by atomic mass is 32.2. The fourth-order valence-corrected chi connectivity index (χ4v) is 2.52. The SMILES string of the molecule is C=CCNC(=O)[C@H](C)Sc1nnc(Cc2ccc(OC)cc2)o1. The third kappa shape index (κ3) is 5.14. The summed E-state index contributed by atoms with van der Waals surface area (Å²) in [6, 6.07) is 7.66. The van der Waals surface area contributed by atoms with Gasteiger partial charge in [0, 0.05) is 6.54 Å². The minimum Gasteiger partial charge on any atom is -0.497 e. The van der Waals surface area contributed by atoms with E-state index in [9.17, 15) is 4.79 Å². The Labute approximate surface area is 139 Å². The van der Waals surface area contributed by atoms with Gasteiger partial charge in [-0.3, -0.25) is 4.79 Å². The van der Waals surface area contributed by atoms with Crippen LogP contribution in [0.5, 0.6) is 5.75 Å². The molecule has 0 radical (unpaired) electrons. The van der Waals surface area contributed by atoms with Crippen LogP contribution in [0, 0.1) is 0 Å². The molecule has 1 aromatic carbocycles. The van der Waals surface area contributed by atoms with Gasteiger partial charge in [0.1, 0.15) is 5.75 Å². The molecule has 0 saturated carbocycles. The van der Waals surface area contributed by atoms with Gasteiger partial charge in [0.25, 0.3) is 5.22 Å². The molecule has 122 valence electrons. The molecule has 7 heteroatoms. The van der Waals surface area contributed by atoms with E-state index in [1.807, 2.05) is 24.3 Å². The van der Waals surface area contributed by atoms with Gasteiger partial charge in [-0.2, -0.15) is 0 Å². The molecule has 0 bridgehead atoms. The first-order chi connectivity index (χ1) is 11.1. The number of hydrogen-bond acceptors (Lipinski definition) is 6. The van der Waals surface area contributed by atoms with Crippen LogP contribution in [0.3, 0.4) is 0 Å². The molecule has 0 fully saturated rings. The number of aromatic nitrogens is 2. The topological polar surface area (TPSA) is 77.2 Å². The van der Waals surface area contributed by atoms with E-state index in [4.69, 9.17) is 9.15 Å². The summed E-state index contributed by atoms with van der Waals surface area (Å²) < 4.78 is 10.7. The lowest BCUT2D eigenvalue weighted by atomic mass is 10.1. The predicted molar refractivity (Wildman–Crippen MR) is 88.6 cm³/mol. The lowest BCUT2D eigenvalue weighted by molar-refractivity contribution is -0.120. The van der Waals surface area contributed by atoms with E-state index in [1.165, 1.54) is 11.8 Å². The van der Waals surface area contributed by atoms with E-state index in [1.54, 1.807) is 20.1 Å². The first-order valence-electron chi connectivity index (χ1n) is 7.13. The Morgan fingerprint density at radius 1 is 1.43 bits per heavy atom. The van der Waals surface area contributed by atoms with Crippen LogP contribution >= 0.6 is 11.8 Å². The summed E-state index contributed by atoms with van der Waals surface area (Å²) in [5.74, 6) is 1.22. The zero-order valence-electron chi connectivity index (χ0n) is 13.1. The lowest BCUT2D eigenvalue weighted by Crippen LogP contribution is -2.30. The number of thioether (sulfide) groups is 1. The third-order valence-electron chi connectivity index (χ3n) is 3.03. The molecule has 1 N–H and O–H groups in total. The van der Waals surface area contributed by atoms with Crippen LogP contribution in [0.1, 0.15) is 18.4 Å². The van der Waals surface area contributed by atoms with E-state index in [-0.39, 0.29) is 11.2 Å². The van der Waals surface area contributed by atoms with Crippen LogP contribution in [-0.2, 0) is 11.2 Å². The van der Waals surface area contributed by atoms with Crippen molar-refractivity contribution in [1.82, 2.24) is 15.5 Å². The van der Waals surface area contributed by atoms with Gasteiger partial charge in [0.05, 0.1) is 18.8 Å². The van der Waals surface area contributed by atoms with E-state index < -0.39 is 0 Å². The largest absolute Gasteiger partial charge is 0.497 e. The maximum atomic E-state index is 11.8. The predicted octanol–water partition coefficient (Wildman–Crippen LogP) is 2.45. The van der Waals surface area contributed by atoms with Crippen LogP contribution in [0.15, 0.2) is 46.6 Å². The molecule has 0 aliphatic rings. The number of benzene rings is 1. The number of carbonyl (C=O) groups excluding carboxylic acids is 1. The van der Waals surface area contributed by atoms with Crippen LogP contribution < -0.4 is 10.1 Å². The van der Waals surface area contributed by atoms with Crippen molar-refractivity contribution in [3.8, 4) is 5.75 Å². The zero-order chi connectivity index (χ0) is 16.7. The zero-order valence-corrected chi connectivity index (χ0v) is 13.9. The highest BCUT2D eigenvalue weighted by Gasteiger charge is 2.17. The summed E-state index contributed by atoms with van der Waals surface area (Å²) in [6.45, 7) is 5.79. The average Bonchev–Trinajstić information content (AvgIpc) is 3.00. The highest BCUT2D eigenvalue weighted by Crippen LogP contribution is 2.23. The second kappa shape index (κ2) is 8.38. The Morgan fingerprint density at radius 3 is 2.83 bits per heavy atom. The summed E-state index contributed by atoms with van der Waals surface area (Å²) >= 11 is 1.23. The van der Waals surface area contributed by atoms with Crippen LogP contribution in [0.2, 0.25) is 0 Å². The Hall–Kier alpha value is -2.28. The van der Waals surface area contributed by atoms with Crippen LogP contribution in [0.25, 0.3) is 0 Å². The number of ether oxygens (including phenoxy) is 1. The Balaban J connectivity index is 1.91. The minimum atomic E-state index is -0.316. The molecule has 1 amide bonds. The summed E-state index contributed by atoms with van der Waals surface area (Å²) in [5, 5.41) is 10.8. The molecule has 23 heavy (non-hydrogen) atoms. The van der Waals surface area contributed by atoms with Crippen molar-refractivity contribution in [2.75, 3.05) is 13.7 Å². The van der Waals surface area contributed by atoms with Gasteiger partial charge < -0.3 is 14.5 Å². The lowest BCUT2D eigenvalue weighted by Gasteiger charge is -2.07. The highest BCUT2D eigenvalue weighted by molar-refractivity contribution is 8.00. The van der Waals surface area contributed by atoms with Gasteiger partial charge in [0.15, 0.2) is 0 Å². The first kappa shape index (κ1) is 17.1. The number of methoxy groups -OCH3 is 1. The van der Waals surface area contributed by atoms with E-state index >= 15 is 0 Å². The van der Waals surface area contributed by atoms with Crippen molar-refractivity contribution >= 4 is 17.7 Å². The quantitative estimate of drug-likeness (QED) is 0.591. The van der Waals surface area contributed by atoms with Gasteiger partial charge in [0.2, 0.25) is 11.8 Å². The van der Waals surface area contributed by atoms with Crippen molar-refractivity contribution in [2.45, 2.75) is 23.8 Å². The second-order valence-corrected chi connectivity index (χ2v) is 6.07. The second-order valence-electron chi connectivity index (χ2n) is 4.78. The van der Waals surface area contributed by atoms with Gasteiger partial charge >= 0.3 is 0 Å². The van der Waals surface area contributed by atoms with E-state index in [0.717, 1.165) is 11.3 Å². The molecule has 6 nitrogen and oxygen atoms in total. The van der Waals surface area contributed by atoms with Gasteiger partial charge in [-0.05, 0) is 24.6 Å². The molecular weight excluding hydrogens is 314 g/mol. The van der Waals surface area contributed by atoms with Crippen LogP contribution in [0.4, 0.5) is 0 Å². The molecule has 1 heterocycles. The number of nitrogens with one attached hydrogen (secondary N) is 1. The van der Waals surface area contributed by atoms with Crippen molar-refractivity contribution in [3.05, 3.63) is 48.4 Å². The minimum absolute atomic E-state index is 0.0928. The molecule has 0 aliphatic carbocycles. The standard InChI is InChI=1S/C16H19N3O3S/c1-4-9-17-15(20)11(2)23-16-19-18-14(22-16)10-12-5-7-13(21-3)8-6-12/h4-8,11H,1,9-10H2,2-3H3,(H,17,20)/t11-/m0/s1. The van der Waals surface area contributed by atoms with Gasteiger partial charge in [-0.25, -0.2) is 0 Å². The fraction of sp³-hybridized carbons (Fsp3) is 0.312. The van der Waals surface area contributed by atoms with E-state index in [0.29, 0.717) is 24.1 Å². The third-order valence-corrected chi connectivity index (χ3v) is 3.96. The Morgan fingerprint density at radius 2 is 2.17 bits per heavy atom. The summed E-state index contributed by atoms with van der Waals surface area (Å²) in [5.41, 5.74) is 1.04. The number of rotatable bonds is 8. The smallest absolute Gasteiger partial charge is 0.277 e. The first-order valence-corrected chi connectivity index (χ1v) is 8.01. The molecule has 0 saturated heterocycles. The van der Waals surface area contributed by atoms with Gasteiger partial charge in [-0.1, -0.05) is 30.0 Å². The fourth-order valence-electron chi connectivity index (χ4n) is 1.80. The number of amides is 1. The number of carbonyl (C=O) groups is 1. The van der Waals surface area contributed by atoms with Crippen molar-refractivity contribution in [3.63, 3.8) is 0 Å². The number of nitrogens with zero attached hydrogens (tertiary/aromatic N) is 2. The molecule has 1 atom stereocenters. The van der Waals surface area contributed by atoms with Crippen molar-refractivity contribution < 1.29 is 13.9 Å². The Kier molecular flexibility index (Phi) is 6.22. The molecule has 1 aromatic heterocycles. The van der Waals surface area contributed by atoms with Crippen LogP contribution in [-0.4, -0.2) is 35.0 Å². The summed E-state index contributed by atoms with van der Waals surface area (Å²) in [4.78, 5) is 11.8. The molecular formula is C16H19N3O3S. The summed E-state index contributed by atoms with van der Waals surface area (Å²) in [7, 11) is 1.63. The maximum absolute atomic E-state index is 11.8. The van der Waals surface area contributed by atoms with Gasteiger partial charge in [-0.15, -0.1) is 16.8 Å². The normalized spacial score (nSPS) is 11.7. The average molecular weight is 333 g/mol. The molecule has 0 spiro atoms. The molecule has 0 unspecified atom stereocenters.